The molecule has 0 fully saturated rings. The highest BCUT2D eigenvalue weighted by Gasteiger charge is 2.11. The largest absolute Gasteiger partial charge is 0.462 e. The monoisotopic (exact) mass is 384 g/mol. The molecule has 0 bridgehead atoms. The van der Waals surface area contributed by atoms with Gasteiger partial charge in [-0.3, -0.25) is 0 Å². The summed E-state index contributed by atoms with van der Waals surface area (Å²) in [4.78, 5) is 24.3. The van der Waals surface area contributed by atoms with Crippen molar-refractivity contribution in [3.63, 3.8) is 0 Å². The number of carbonyl (C=O) groups excluding carboxylic acids is 1. The van der Waals surface area contributed by atoms with Gasteiger partial charge in [-0.15, -0.1) is 0 Å². The Hall–Kier alpha value is -3.39. The standard InChI is InChI=1S/C18H17ClN6O2/c1-2-27-18(26)11-4-3-5-13(8-11)24-16-15(20)17(23-10-22-16)25-14-7-6-12(19)9-21-14/h3-10H,2,20H2,1H3,(H2,21,22,23,24,25). The summed E-state index contributed by atoms with van der Waals surface area (Å²) >= 11 is 5.83. The lowest BCUT2D eigenvalue weighted by atomic mass is 10.2. The molecule has 1 aromatic carbocycles. The second kappa shape index (κ2) is 8.33. The van der Waals surface area contributed by atoms with Gasteiger partial charge in [-0.1, -0.05) is 17.7 Å². The smallest absolute Gasteiger partial charge is 0.338 e. The summed E-state index contributed by atoms with van der Waals surface area (Å²) in [6.45, 7) is 2.06. The minimum atomic E-state index is -0.395. The summed E-state index contributed by atoms with van der Waals surface area (Å²) in [7, 11) is 0. The number of carbonyl (C=O) groups is 1. The minimum absolute atomic E-state index is 0.302. The van der Waals surface area contributed by atoms with Crippen LogP contribution in [0.4, 0.5) is 28.8 Å². The van der Waals surface area contributed by atoms with Crippen molar-refractivity contribution in [1.82, 2.24) is 15.0 Å². The van der Waals surface area contributed by atoms with Gasteiger partial charge in [0, 0.05) is 11.9 Å². The molecular formula is C18H17ClN6O2. The number of nitrogens with two attached hydrogens (primary N) is 1. The maximum atomic E-state index is 11.9. The van der Waals surface area contributed by atoms with Crippen LogP contribution >= 0.6 is 11.6 Å². The molecule has 0 aliphatic rings. The van der Waals surface area contributed by atoms with Crippen molar-refractivity contribution < 1.29 is 9.53 Å². The molecule has 0 atom stereocenters. The van der Waals surface area contributed by atoms with Crippen LogP contribution in [-0.4, -0.2) is 27.5 Å². The Bertz CT molecular complexity index is 949. The molecule has 9 heteroatoms. The Labute approximate surface area is 160 Å². The predicted molar refractivity (Wildman–Crippen MR) is 105 cm³/mol. The normalized spacial score (nSPS) is 10.3. The number of nitrogens with zero attached hydrogens (tertiary/aromatic N) is 3. The number of ether oxygens (including phenoxy) is 1. The van der Waals surface area contributed by atoms with E-state index in [1.54, 1.807) is 43.3 Å². The number of nitrogen functional groups attached to an aromatic ring is 1. The van der Waals surface area contributed by atoms with Crippen LogP contribution in [0.25, 0.3) is 0 Å². The third-order valence-corrected chi connectivity index (χ3v) is 3.72. The lowest BCUT2D eigenvalue weighted by Gasteiger charge is -2.12. The Balaban J connectivity index is 1.81. The van der Waals surface area contributed by atoms with Crippen molar-refractivity contribution in [2.24, 2.45) is 0 Å². The maximum absolute atomic E-state index is 11.9. The van der Waals surface area contributed by atoms with Crippen LogP contribution < -0.4 is 16.4 Å². The summed E-state index contributed by atoms with van der Waals surface area (Å²) < 4.78 is 5.01. The van der Waals surface area contributed by atoms with Gasteiger partial charge in [0.25, 0.3) is 0 Å². The molecule has 8 nitrogen and oxygen atoms in total. The number of pyridine rings is 1. The van der Waals surface area contributed by atoms with E-state index in [1.165, 1.54) is 12.5 Å². The van der Waals surface area contributed by atoms with Crippen molar-refractivity contribution in [2.75, 3.05) is 23.0 Å². The molecule has 2 heterocycles. The first-order valence-corrected chi connectivity index (χ1v) is 8.48. The van der Waals surface area contributed by atoms with E-state index in [0.29, 0.717) is 46.0 Å². The third-order valence-electron chi connectivity index (χ3n) is 3.49. The van der Waals surface area contributed by atoms with Gasteiger partial charge in [-0.25, -0.2) is 19.7 Å². The molecule has 138 valence electrons. The van der Waals surface area contributed by atoms with Crippen LogP contribution in [0.1, 0.15) is 17.3 Å². The van der Waals surface area contributed by atoms with Crippen LogP contribution in [0.5, 0.6) is 0 Å². The molecule has 27 heavy (non-hydrogen) atoms. The summed E-state index contributed by atoms with van der Waals surface area (Å²) in [5.74, 6) is 0.930. The molecule has 0 spiro atoms. The fourth-order valence-electron chi connectivity index (χ4n) is 2.24. The molecule has 0 radical (unpaired) electrons. The van der Waals surface area contributed by atoms with Crippen LogP contribution in [0.15, 0.2) is 48.9 Å². The zero-order chi connectivity index (χ0) is 19.2. The van der Waals surface area contributed by atoms with Gasteiger partial charge in [0.2, 0.25) is 0 Å². The van der Waals surface area contributed by atoms with Crippen LogP contribution in [0.2, 0.25) is 5.02 Å². The molecule has 3 rings (SSSR count). The topological polar surface area (TPSA) is 115 Å². The number of hydrogen-bond acceptors (Lipinski definition) is 8. The quantitative estimate of drug-likeness (QED) is 0.550. The number of anilines is 5. The number of benzene rings is 1. The van der Waals surface area contributed by atoms with Crippen LogP contribution in [0, 0.1) is 0 Å². The van der Waals surface area contributed by atoms with E-state index in [-0.39, 0.29) is 0 Å². The average molecular weight is 385 g/mol. The first-order chi connectivity index (χ1) is 13.1. The summed E-state index contributed by atoms with van der Waals surface area (Å²) in [5, 5.41) is 6.62. The summed E-state index contributed by atoms with van der Waals surface area (Å²) in [6.07, 6.45) is 2.88. The number of nitrogens with one attached hydrogen (secondary N) is 2. The highest BCUT2D eigenvalue weighted by molar-refractivity contribution is 6.30. The molecule has 0 unspecified atom stereocenters. The summed E-state index contributed by atoms with van der Waals surface area (Å²) in [5.41, 5.74) is 7.53. The van der Waals surface area contributed by atoms with Gasteiger partial charge in [-0.2, -0.15) is 0 Å². The van der Waals surface area contributed by atoms with E-state index < -0.39 is 5.97 Å². The Morgan fingerprint density at radius 2 is 1.93 bits per heavy atom. The zero-order valence-corrected chi connectivity index (χ0v) is 15.2. The van der Waals surface area contributed by atoms with Crippen molar-refractivity contribution in [3.05, 3.63) is 59.5 Å². The van der Waals surface area contributed by atoms with Gasteiger partial charge in [-0.05, 0) is 37.3 Å². The fourth-order valence-corrected chi connectivity index (χ4v) is 2.35. The fraction of sp³-hybridized carbons (Fsp3) is 0.111. The number of halogens is 1. The molecule has 3 aromatic rings. The molecule has 0 amide bonds. The van der Waals surface area contributed by atoms with Crippen molar-refractivity contribution in [2.45, 2.75) is 6.92 Å². The molecule has 0 saturated heterocycles. The van der Waals surface area contributed by atoms with Crippen molar-refractivity contribution >= 4 is 46.4 Å². The molecule has 0 aliphatic heterocycles. The Kier molecular flexibility index (Phi) is 5.68. The lowest BCUT2D eigenvalue weighted by Crippen LogP contribution is -2.07. The van der Waals surface area contributed by atoms with Gasteiger partial charge >= 0.3 is 5.97 Å². The van der Waals surface area contributed by atoms with E-state index in [9.17, 15) is 4.79 Å². The van der Waals surface area contributed by atoms with Crippen molar-refractivity contribution in [3.8, 4) is 0 Å². The Morgan fingerprint density at radius 3 is 2.63 bits per heavy atom. The van der Waals surface area contributed by atoms with Crippen LogP contribution in [-0.2, 0) is 4.74 Å². The number of esters is 1. The number of aromatic nitrogens is 3. The Morgan fingerprint density at radius 1 is 1.15 bits per heavy atom. The van der Waals surface area contributed by atoms with E-state index in [4.69, 9.17) is 22.1 Å². The van der Waals surface area contributed by atoms with Crippen LogP contribution in [0.3, 0.4) is 0 Å². The predicted octanol–water partition coefficient (Wildman–Crippen LogP) is 3.77. The molecular weight excluding hydrogens is 368 g/mol. The number of hydrogen-bond donors (Lipinski definition) is 3. The van der Waals surface area contributed by atoms with E-state index in [0.717, 1.165) is 0 Å². The molecule has 0 aliphatic carbocycles. The average Bonchev–Trinajstić information content (AvgIpc) is 2.67. The van der Waals surface area contributed by atoms with E-state index >= 15 is 0 Å². The SMILES string of the molecule is CCOC(=O)c1cccc(Nc2ncnc(Nc3ccc(Cl)cn3)c2N)c1. The summed E-state index contributed by atoms with van der Waals surface area (Å²) in [6, 6.07) is 10.3. The molecule has 4 N–H and O–H groups in total. The van der Waals surface area contributed by atoms with Gasteiger partial charge in [0.1, 0.15) is 17.8 Å². The first kappa shape index (κ1) is 18.4. The second-order valence-electron chi connectivity index (χ2n) is 5.40. The molecule has 2 aromatic heterocycles. The lowest BCUT2D eigenvalue weighted by molar-refractivity contribution is 0.0526. The van der Waals surface area contributed by atoms with Crippen molar-refractivity contribution in [1.29, 1.82) is 0 Å². The van der Waals surface area contributed by atoms with Gasteiger partial charge in [0.15, 0.2) is 11.6 Å². The zero-order valence-electron chi connectivity index (χ0n) is 14.4. The second-order valence-corrected chi connectivity index (χ2v) is 5.83. The molecule has 0 saturated carbocycles. The van der Waals surface area contributed by atoms with E-state index in [1.807, 2.05) is 0 Å². The van der Waals surface area contributed by atoms with E-state index in [2.05, 4.69) is 25.6 Å². The first-order valence-electron chi connectivity index (χ1n) is 8.10. The highest BCUT2D eigenvalue weighted by atomic mass is 35.5. The number of rotatable bonds is 6. The third kappa shape index (κ3) is 4.62. The minimum Gasteiger partial charge on any atom is -0.462 e. The van der Waals surface area contributed by atoms with Gasteiger partial charge in [0.05, 0.1) is 17.2 Å². The maximum Gasteiger partial charge on any atom is 0.338 e. The highest BCUT2D eigenvalue weighted by Crippen LogP contribution is 2.28. The van der Waals surface area contributed by atoms with Gasteiger partial charge < -0.3 is 21.1 Å².